The lowest BCUT2D eigenvalue weighted by Gasteiger charge is -2.08. The van der Waals surface area contributed by atoms with Crippen LogP contribution in [-0.2, 0) is 0 Å². The lowest BCUT2D eigenvalue weighted by atomic mass is 10.1. The summed E-state index contributed by atoms with van der Waals surface area (Å²) in [6.07, 6.45) is 4.51. The highest BCUT2D eigenvalue weighted by Gasteiger charge is 2.12. The number of nitrogen functional groups attached to an aromatic ring is 1. The van der Waals surface area contributed by atoms with E-state index in [1.165, 1.54) is 12.8 Å². The first kappa shape index (κ1) is 13.8. The maximum atomic E-state index is 11.8. The monoisotopic (exact) mass is 254 g/mol. The van der Waals surface area contributed by atoms with Crippen molar-refractivity contribution in [2.45, 2.75) is 32.6 Å². The van der Waals surface area contributed by atoms with Crippen LogP contribution in [-0.4, -0.2) is 12.5 Å². The van der Waals surface area contributed by atoms with Gasteiger partial charge in [-0.2, -0.15) is 0 Å². The molecule has 0 unspecified atom stereocenters. The summed E-state index contributed by atoms with van der Waals surface area (Å²) in [5, 5.41) is 3.24. The van der Waals surface area contributed by atoms with Crippen LogP contribution in [0.3, 0.4) is 0 Å². The Balaban J connectivity index is 2.47. The molecule has 0 aliphatic carbocycles. The van der Waals surface area contributed by atoms with Gasteiger partial charge in [-0.1, -0.05) is 43.9 Å². The Morgan fingerprint density at radius 1 is 1.35 bits per heavy atom. The summed E-state index contributed by atoms with van der Waals surface area (Å²) < 4.78 is 0. The number of nitrogens with one attached hydrogen (secondary N) is 1. The van der Waals surface area contributed by atoms with Crippen LogP contribution in [0.2, 0.25) is 5.02 Å². The van der Waals surface area contributed by atoms with E-state index in [1.807, 2.05) is 0 Å². The van der Waals surface area contributed by atoms with Crippen LogP contribution in [0.5, 0.6) is 0 Å². The van der Waals surface area contributed by atoms with Crippen LogP contribution < -0.4 is 11.1 Å². The Bertz CT molecular complexity index is 359. The van der Waals surface area contributed by atoms with Gasteiger partial charge < -0.3 is 11.1 Å². The Hall–Kier alpha value is -1.22. The molecule has 1 aromatic rings. The number of halogens is 1. The van der Waals surface area contributed by atoms with Gasteiger partial charge in [0.1, 0.15) is 0 Å². The molecule has 0 aliphatic heterocycles. The first-order valence-electron chi connectivity index (χ1n) is 5.99. The Morgan fingerprint density at radius 2 is 2.12 bits per heavy atom. The van der Waals surface area contributed by atoms with Crippen LogP contribution in [0.4, 0.5) is 5.69 Å². The molecule has 0 aliphatic rings. The molecule has 94 valence electrons. The first-order valence-corrected chi connectivity index (χ1v) is 6.36. The SMILES string of the molecule is CCCCCCNC(=O)c1c(N)cccc1Cl. The van der Waals surface area contributed by atoms with Gasteiger partial charge in [-0.25, -0.2) is 0 Å². The Morgan fingerprint density at radius 3 is 2.76 bits per heavy atom. The molecule has 1 amide bonds. The average molecular weight is 255 g/mol. The van der Waals surface area contributed by atoms with E-state index in [4.69, 9.17) is 17.3 Å². The molecule has 3 N–H and O–H groups in total. The maximum Gasteiger partial charge on any atom is 0.254 e. The van der Waals surface area contributed by atoms with Crippen LogP contribution in [0.15, 0.2) is 18.2 Å². The van der Waals surface area contributed by atoms with E-state index in [0.717, 1.165) is 12.8 Å². The lowest BCUT2D eigenvalue weighted by Crippen LogP contribution is -2.25. The van der Waals surface area contributed by atoms with Gasteiger partial charge in [-0.05, 0) is 18.6 Å². The molecule has 0 heterocycles. The Labute approximate surface area is 107 Å². The van der Waals surface area contributed by atoms with Crippen molar-refractivity contribution >= 4 is 23.2 Å². The molecular weight excluding hydrogens is 236 g/mol. The highest BCUT2D eigenvalue weighted by molar-refractivity contribution is 6.34. The summed E-state index contributed by atoms with van der Waals surface area (Å²) >= 11 is 5.95. The minimum Gasteiger partial charge on any atom is -0.398 e. The molecule has 3 nitrogen and oxygen atoms in total. The van der Waals surface area contributed by atoms with Gasteiger partial charge in [0.2, 0.25) is 0 Å². The van der Waals surface area contributed by atoms with E-state index >= 15 is 0 Å². The standard InChI is InChI=1S/C13H19ClN2O/c1-2-3-4-5-9-16-13(17)12-10(14)7-6-8-11(12)15/h6-8H,2-5,9,15H2,1H3,(H,16,17). The zero-order valence-electron chi connectivity index (χ0n) is 10.1. The molecule has 0 atom stereocenters. The van der Waals surface area contributed by atoms with E-state index in [1.54, 1.807) is 18.2 Å². The fourth-order valence-corrected chi connectivity index (χ4v) is 1.89. The van der Waals surface area contributed by atoms with Gasteiger partial charge in [0, 0.05) is 12.2 Å². The molecular formula is C13H19ClN2O. The molecule has 0 fully saturated rings. The smallest absolute Gasteiger partial charge is 0.254 e. The lowest BCUT2D eigenvalue weighted by molar-refractivity contribution is 0.0954. The van der Waals surface area contributed by atoms with E-state index in [2.05, 4.69) is 12.2 Å². The number of hydrogen-bond donors (Lipinski definition) is 2. The van der Waals surface area contributed by atoms with Crippen molar-refractivity contribution in [3.05, 3.63) is 28.8 Å². The fraction of sp³-hybridized carbons (Fsp3) is 0.462. The highest BCUT2D eigenvalue weighted by atomic mass is 35.5. The van der Waals surface area contributed by atoms with Crippen molar-refractivity contribution in [2.75, 3.05) is 12.3 Å². The number of amides is 1. The number of carbonyl (C=O) groups excluding carboxylic acids is 1. The molecule has 1 aromatic carbocycles. The third kappa shape index (κ3) is 4.27. The first-order chi connectivity index (χ1) is 8.16. The summed E-state index contributed by atoms with van der Waals surface area (Å²) in [6, 6.07) is 5.08. The van der Waals surface area contributed by atoms with Gasteiger partial charge in [0.15, 0.2) is 0 Å². The van der Waals surface area contributed by atoms with Gasteiger partial charge in [-0.15, -0.1) is 0 Å². The molecule has 1 rings (SSSR count). The minimum atomic E-state index is -0.190. The Kier molecular flexibility index (Phi) is 5.84. The third-order valence-corrected chi connectivity index (χ3v) is 2.90. The van der Waals surface area contributed by atoms with E-state index in [-0.39, 0.29) is 5.91 Å². The van der Waals surface area contributed by atoms with Crippen molar-refractivity contribution in [3.8, 4) is 0 Å². The summed E-state index contributed by atoms with van der Waals surface area (Å²) in [5.41, 5.74) is 6.53. The van der Waals surface area contributed by atoms with E-state index < -0.39 is 0 Å². The maximum absolute atomic E-state index is 11.8. The van der Waals surface area contributed by atoms with Crippen molar-refractivity contribution in [3.63, 3.8) is 0 Å². The number of carbonyl (C=O) groups is 1. The molecule has 0 radical (unpaired) electrons. The second-order valence-corrected chi connectivity index (χ2v) is 4.43. The molecule has 0 bridgehead atoms. The average Bonchev–Trinajstić information content (AvgIpc) is 2.28. The second-order valence-electron chi connectivity index (χ2n) is 4.02. The summed E-state index contributed by atoms with van der Waals surface area (Å²) in [6.45, 7) is 2.83. The molecule has 4 heteroatoms. The number of rotatable bonds is 6. The molecule has 0 saturated heterocycles. The predicted molar refractivity (Wildman–Crippen MR) is 72.3 cm³/mol. The third-order valence-electron chi connectivity index (χ3n) is 2.59. The van der Waals surface area contributed by atoms with Crippen molar-refractivity contribution in [2.24, 2.45) is 0 Å². The topological polar surface area (TPSA) is 55.1 Å². The van der Waals surface area contributed by atoms with Crippen LogP contribution in [0.25, 0.3) is 0 Å². The summed E-state index contributed by atoms with van der Waals surface area (Å²) in [4.78, 5) is 11.8. The van der Waals surface area contributed by atoms with Crippen molar-refractivity contribution < 1.29 is 4.79 Å². The van der Waals surface area contributed by atoms with Crippen LogP contribution in [0.1, 0.15) is 43.0 Å². The van der Waals surface area contributed by atoms with E-state index in [9.17, 15) is 4.79 Å². The zero-order chi connectivity index (χ0) is 12.7. The van der Waals surface area contributed by atoms with Crippen molar-refractivity contribution in [1.29, 1.82) is 0 Å². The summed E-state index contributed by atoms with van der Waals surface area (Å²) in [5.74, 6) is -0.190. The molecule has 0 saturated carbocycles. The number of unbranched alkanes of at least 4 members (excludes halogenated alkanes) is 3. The molecule has 0 aromatic heterocycles. The zero-order valence-corrected chi connectivity index (χ0v) is 10.9. The number of anilines is 1. The number of hydrogen-bond acceptors (Lipinski definition) is 2. The summed E-state index contributed by atoms with van der Waals surface area (Å²) in [7, 11) is 0. The second kappa shape index (κ2) is 7.17. The highest BCUT2D eigenvalue weighted by Crippen LogP contribution is 2.21. The van der Waals surface area contributed by atoms with Crippen LogP contribution in [0, 0.1) is 0 Å². The molecule has 17 heavy (non-hydrogen) atoms. The van der Waals surface area contributed by atoms with E-state index in [0.29, 0.717) is 22.8 Å². The minimum absolute atomic E-state index is 0.190. The van der Waals surface area contributed by atoms with Crippen molar-refractivity contribution in [1.82, 2.24) is 5.32 Å². The quantitative estimate of drug-likeness (QED) is 0.605. The molecule has 0 spiro atoms. The normalized spacial score (nSPS) is 10.2. The fourth-order valence-electron chi connectivity index (χ4n) is 1.62. The van der Waals surface area contributed by atoms with Gasteiger partial charge in [0.05, 0.1) is 10.6 Å². The number of benzene rings is 1. The van der Waals surface area contributed by atoms with Crippen LogP contribution >= 0.6 is 11.6 Å². The largest absolute Gasteiger partial charge is 0.398 e. The van der Waals surface area contributed by atoms with Gasteiger partial charge >= 0.3 is 0 Å². The van der Waals surface area contributed by atoms with Gasteiger partial charge in [0.25, 0.3) is 5.91 Å². The number of nitrogens with two attached hydrogens (primary N) is 1. The van der Waals surface area contributed by atoms with Gasteiger partial charge in [-0.3, -0.25) is 4.79 Å². The predicted octanol–water partition coefficient (Wildman–Crippen LogP) is 3.23.